The van der Waals surface area contributed by atoms with Crippen LogP contribution in [0.25, 0.3) is 0 Å². The highest BCUT2D eigenvalue weighted by atomic mass is 15.2. The lowest BCUT2D eigenvalue weighted by atomic mass is 10.2. The minimum Gasteiger partial charge on any atom is -0.330 e. The molecule has 0 saturated heterocycles. The molecule has 3 nitrogen and oxygen atoms in total. The lowest BCUT2D eigenvalue weighted by molar-refractivity contribution is 0.265. The van der Waals surface area contributed by atoms with Gasteiger partial charge in [-0.2, -0.15) is 0 Å². The maximum atomic E-state index is 5.57. The number of nitrogens with zero attached hydrogens (tertiary/aromatic N) is 2. The Labute approximate surface area is 97.7 Å². The molecule has 0 aromatic carbocycles. The zero-order valence-electron chi connectivity index (χ0n) is 9.81. The highest BCUT2D eigenvalue weighted by molar-refractivity contribution is 5.08. The van der Waals surface area contributed by atoms with Gasteiger partial charge in [0.1, 0.15) is 0 Å². The van der Waals surface area contributed by atoms with Gasteiger partial charge in [0.05, 0.1) is 0 Å². The van der Waals surface area contributed by atoms with Crippen LogP contribution in [-0.4, -0.2) is 35.6 Å². The molecule has 0 bridgehead atoms. The van der Waals surface area contributed by atoms with E-state index < -0.39 is 0 Å². The Bertz CT molecular complexity index is 295. The maximum absolute atomic E-state index is 5.57. The van der Waals surface area contributed by atoms with Crippen LogP contribution >= 0.6 is 0 Å². The third-order valence-corrected chi connectivity index (χ3v) is 3.12. The van der Waals surface area contributed by atoms with Gasteiger partial charge in [0.15, 0.2) is 0 Å². The summed E-state index contributed by atoms with van der Waals surface area (Å²) in [6, 6.07) is 5.00. The van der Waals surface area contributed by atoms with Crippen LogP contribution in [0.2, 0.25) is 0 Å². The lowest BCUT2D eigenvalue weighted by Crippen LogP contribution is -2.30. The fraction of sp³-hybridized carbons (Fsp3) is 0.615. The fourth-order valence-corrected chi connectivity index (χ4v) is 2.03. The number of rotatable bonds is 7. The first-order chi connectivity index (χ1) is 7.90. The summed E-state index contributed by atoms with van der Waals surface area (Å²) in [7, 11) is 0. The number of pyridine rings is 1. The van der Waals surface area contributed by atoms with E-state index in [2.05, 4.69) is 16.0 Å². The average Bonchev–Trinajstić information content (AvgIpc) is 3.15. The molecule has 1 saturated carbocycles. The lowest BCUT2D eigenvalue weighted by Gasteiger charge is -2.21. The molecule has 1 aromatic heterocycles. The molecule has 2 N–H and O–H groups in total. The molecule has 1 aliphatic rings. The van der Waals surface area contributed by atoms with Crippen molar-refractivity contribution in [2.24, 2.45) is 5.73 Å². The van der Waals surface area contributed by atoms with E-state index in [1.807, 2.05) is 18.5 Å². The third-order valence-electron chi connectivity index (χ3n) is 3.12. The van der Waals surface area contributed by atoms with Crippen LogP contribution in [0.5, 0.6) is 0 Å². The normalized spacial score (nSPS) is 15.6. The average molecular weight is 219 g/mol. The van der Waals surface area contributed by atoms with Crippen molar-refractivity contribution in [3.05, 3.63) is 30.1 Å². The highest BCUT2D eigenvalue weighted by Crippen LogP contribution is 2.26. The first-order valence-electron chi connectivity index (χ1n) is 6.23. The van der Waals surface area contributed by atoms with E-state index in [4.69, 9.17) is 5.73 Å². The van der Waals surface area contributed by atoms with Gasteiger partial charge >= 0.3 is 0 Å². The van der Waals surface area contributed by atoms with Gasteiger partial charge in [-0.25, -0.2) is 0 Å². The molecule has 1 aromatic rings. The van der Waals surface area contributed by atoms with Crippen LogP contribution in [-0.2, 0) is 6.42 Å². The summed E-state index contributed by atoms with van der Waals surface area (Å²) in [6.07, 6.45) is 8.76. The largest absolute Gasteiger partial charge is 0.330 e. The monoisotopic (exact) mass is 219 g/mol. The van der Waals surface area contributed by atoms with Crippen LogP contribution in [0.3, 0.4) is 0 Å². The van der Waals surface area contributed by atoms with Gasteiger partial charge in [0.25, 0.3) is 0 Å². The Balaban J connectivity index is 1.77. The van der Waals surface area contributed by atoms with E-state index in [0.29, 0.717) is 0 Å². The number of nitrogens with two attached hydrogens (primary N) is 1. The minimum atomic E-state index is 0.802. The van der Waals surface area contributed by atoms with E-state index in [-0.39, 0.29) is 0 Å². The van der Waals surface area contributed by atoms with Crippen LogP contribution in [0, 0.1) is 0 Å². The molecule has 0 unspecified atom stereocenters. The predicted molar refractivity (Wildman–Crippen MR) is 66.2 cm³/mol. The molecule has 3 heteroatoms. The van der Waals surface area contributed by atoms with Gasteiger partial charge in [-0.05, 0) is 50.4 Å². The molecule has 0 aliphatic heterocycles. The van der Waals surface area contributed by atoms with Crippen LogP contribution in [0.4, 0.5) is 0 Å². The van der Waals surface area contributed by atoms with Gasteiger partial charge in [0.2, 0.25) is 0 Å². The third kappa shape index (κ3) is 3.58. The van der Waals surface area contributed by atoms with Gasteiger partial charge < -0.3 is 10.6 Å². The van der Waals surface area contributed by atoms with E-state index >= 15 is 0 Å². The van der Waals surface area contributed by atoms with E-state index in [1.165, 1.54) is 18.4 Å². The van der Waals surface area contributed by atoms with Crippen LogP contribution < -0.4 is 5.73 Å². The molecule has 0 spiro atoms. The van der Waals surface area contributed by atoms with Crippen molar-refractivity contribution >= 4 is 0 Å². The molecule has 1 heterocycles. The Kier molecular flexibility index (Phi) is 4.31. The minimum absolute atomic E-state index is 0.802. The van der Waals surface area contributed by atoms with Crippen LogP contribution in [0.15, 0.2) is 24.5 Å². The van der Waals surface area contributed by atoms with Crippen molar-refractivity contribution in [3.8, 4) is 0 Å². The molecular formula is C13H21N3. The Morgan fingerprint density at radius 2 is 2.25 bits per heavy atom. The van der Waals surface area contributed by atoms with Crippen molar-refractivity contribution in [1.29, 1.82) is 0 Å². The first-order valence-corrected chi connectivity index (χ1v) is 6.23. The zero-order chi connectivity index (χ0) is 11.2. The summed E-state index contributed by atoms with van der Waals surface area (Å²) in [5, 5.41) is 0. The molecule has 88 valence electrons. The summed E-state index contributed by atoms with van der Waals surface area (Å²) in [6.45, 7) is 3.11. The van der Waals surface area contributed by atoms with E-state index in [1.54, 1.807) is 0 Å². The SMILES string of the molecule is NCCCN(CCc1cccnc1)C1CC1. The molecule has 1 aliphatic carbocycles. The van der Waals surface area contributed by atoms with Gasteiger partial charge in [-0.3, -0.25) is 4.98 Å². The molecule has 16 heavy (non-hydrogen) atoms. The van der Waals surface area contributed by atoms with Crippen molar-refractivity contribution < 1.29 is 0 Å². The molecule has 0 amide bonds. The smallest absolute Gasteiger partial charge is 0.0300 e. The molecular weight excluding hydrogens is 198 g/mol. The molecule has 0 radical (unpaired) electrons. The maximum Gasteiger partial charge on any atom is 0.0300 e. The molecule has 0 atom stereocenters. The Morgan fingerprint density at radius 1 is 1.38 bits per heavy atom. The van der Waals surface area contributed by atoms with Crippen molar-refractivity contribution in [2.45, 2.75) is 31.7 Å². The van der Waals surface area contributed by atoms with Crippen molar-refractivity contribution in [1.82, 2.24) is 9.88 Å². The summed E-state index contributed by atoms with van der Waals surface area (Å²) in [5.74, 6) is 0. The van der Waals surface area contributed by atoms with Gasteiger partial charge in [-0.15, -0.1) is 0 Å². The van der Waals surface area contributed by atoms with Crippen LogP contribution in [0.1, 0.15) is 24.8 Å². The molecule has 2 rings (SSSR count). The standard InChI is InChI=1S/C13H21N3/c14-7-2-9-16(13-4-5-13)10-6-12-3-1-8-15-11-12/h1,3,8,11,13H,2,4-7,9-10,14H2. The number of hydrogen-bond donors (Lipinski definition) is 1. The second kappa shape index (κ2) is 5.97. The Hall–Kier alpha value is -0.930. The summed E-state index contributed by atoms with van der Waals surface area (Å²) in [5.41, 5.74) is 6.90. The summed E-state index contributed by atoms with van der Waals surface area (Å²) in [4.78, 5) is 6.73. The topological polar surface area (TPSA) is 42.1 Å². The summed E-state index contributed by atoms with van der Waals surface area (Å²) >= 11 is 0. The van der Waals surface area contributed by atoms with Gasteiger partial charge in [-0.1, -0.05) is 6.07 Å². The predicted octanol–water partition coefficient (Wildman–Crippen LogP) is 1.44. The van der Waals surface area contributed by atoms with Gasteiger partial charge in [0, 0.05) is 25.0 Å². The van der Waals surface area contributed by atoms with E-state index in [0.717, 1.165) is 38.5 Å². The van der Waals surface area contributed by atoms with E-state index in [9.17, 15) is 0 Å². The number of hydrogen-bond acceptors (Lipinski definition) is 3. The zero-order valence-corrected chi connectivity index (χ0v) is 9.81. The van der Waals surface area contributed by atoms with Crippen molar-refractivity contribution in [2.75, 3.05) is 19.6 Å². The Morgan fingerprint density at radius 3 is 2.88 bits per heavy atom. The van der Waals surface area contributed by atoms with Crippen molar-refractivity contribution in [3.63, 3.8) is 0 Å². The quantitative estimate of drug-likeness (QED) is 0.754. The fourth-order valence-electron chi connectivity index (χ4n) is 2.03. The first kappa shape index (κ1) is 11.6. The highest BCUT2D eigenvalue weighted by Gasteiger charge is 2.27. The summed E-state index contributed by atoms with van der Waals surface area (Å²) < 4.78 is 0. The molecule has 1 fully saturated rings. The number of aromatic nitrogens is 1. The second-order valence-electron chi connectivity index (χ2n) is 4.52. The second-order valence-corrected chi connectivity index (χ2v) is 4.52.